The first kappa shape index (κ1) is 18.2. The molecule has 0 saturated carbocycles. The van der Waals surface area contributed by atoms with Crippen molar-refractivity contribution in [2.45, 2.75) is 58.3 Å². The van der Waals surface area contributed by atoms with Crippen LogP contribution in [0.5, 0.6) is 5.75 Å². The van der Waals surface area contributed by atoms with Crippen LogP contribution >= 0.6 is 0 Å². The van der Waals surface area contributed by atoms with Crippen LogP contribution in [-0.2, 0) is 4.79 Å². The molecule has 0 aliphatic heterocycles. The van der Waals surface area contributed by atoms with Crippen molar-refractivity contribution < 1.29 is 14.7 Å². The summed E-state index contributed by atoms with van der Waals surface area (Å²) >= 11 is 0. The van der Waals surface area contributed by atoms with Crippen molar-refractivity contribution in [1.29, 1.82) is 0 Å². The summed E-state index contributed by atoms with van der Waals surface area (Å²) < 4.78 is 0. The fraction of sp³-hybridized carbons (Fsp3) is 0.556. The second kappa shape index (κ2) is 10.8. The number of hydrogen-bond acceptors (Lipinski definition) is 3. The first-order chi connectivity index (χ1) is 10.6. The molecule has 1 rings (SSSR count). The van der Waals surface area contributed by atoms with E-state index in [-0.39, 0.29) is 23.9 Å². The Hall–Kier alpha value is -1.84. The number of carbonyl (C=O) groups excluding carboxylic acids is 2. The summed E-state index contributed by atoms with van der Waals surface area (Å²) in [5.41, 5.74) is 0.367. The van der Waals surface area contributed by atoms with Crippen molar-refractivity contribution >= 4 is 11.7 Å². The van der Waals surface area contributed by atoms with Crippen LogP contribution in [0.3, 0.4) is 0 Å². The Morgan fingerprint density at radius 2 is 1.73 bits per heavy atom. The van der Waals surface area contributed by atoms with Crippen molar-refractivity contribution in [2.75, 3.05) is 6.54 Å². The average molecular weight is 305 g/mol. The molecule has 0 atom stereocenters. The summed E-state index contributed by atoms with van der Waals surface area (Å²) in [5, 5.41) is 12.1. The molecule has 1 aromatic rings. The molecule has 4 heteroatoms. The van der Waals surface area contributed by atoms with Gasteiger partial charge < -0.3 is 10.4 Å². The predicted octanol–water partition coefficient (Wildman–Crippen LogP) is 3.83. The third-order valence-corrected chi connectivity index (χ3v) is 3.59. The number of unbranched alkanes of at least 4 members (excludes halogenated alkanes) is 6. The Morgan fingerprint density at radius 3 is 2.41 bits per heavy atom. The third kappa shape index (κ3) is 7.81. The highest BCUT2D eigenvalue weighted by molar-refractivity contribution is 6.07. The van der Waals surface area contributed by atoms with E-state index < -0.39 is 0 Å². The lowest BCUT2D eigenvalue weighted by Gasteiger charge is -2.05. The van der Waals surface area contributed by atoms with Gasteiger partial charge in [-0.3, -0.25) is 9.59 Å². The Kier molecular flexibility index (Phi) is 8.96. The molecule has 1 aromatic carbocycles. The van der Waals surface area contributed by atoms with Crippen LogP contribution in [0.4, 0.5) is 0 Å². The lowest BCUT2D eigenvalue weighted by molar-refractivity contribution is -0.120. The number of benzene rings is 1. The lowest BCUT2D eigenvalue weighted by atomic mass is 10.1. The highest BCUT2D eigenvalue weighted by Crippen LogP contribution is 2.12. The van der Waals surface area contributed by atoms with Crippen molar-refractivity contribution in [2.24, 2.45) is 0 Å². The molecule has 0 saturated heterocycles. The topological polar surface area (TPSA) is 66.4 Å². The van der Waals surface area contributed by atoms with Gasteiger partial charge in [-0.25, -0.2) is 0 Å². The maximum Gasteiger partial charge on any atom is 0.227 e. The zero-order chi connectivity index (χ0) is 16.2. The van der Waals surface area contributed by atoms with Crippen LogP contribution in [0.25, 0.3) is 0 Å². The van der Waals surface area contributed by atoms with E-state index in [1.54, 1.807) is 12.1 Å². The average Bonchev–Trinajstić information content (AvgIpc) is 2.50. The van der Waals surface area contributed by atoms with Gasteiger partial charge in [-0.15, -0.1) is 0 Å². The molecule has 2 N–H and O–H groups in total. The van der Waals surface area contributed by atoms with Gasteiger partial charge in [-0.05, 0) is 18.6 Å². The van der Waals surface area contributed by atoms with E-state index in [0.717, 1.165) is 12.8 Å². The second-order valence-corrected chi connectivity index (χ2v) is 5.62. The van der Waals surface area contributed by atoms with Gasteiger partial charge in [0, 0.05) is 12.1 Å². The summed E-state index contributed by atoms with van der Waals surface area (Å²) in [6.45, 7) is 2.83. The molecule has 0 spiro atoms. The molecule has 0 aliphatic rings. The van der Waals surface area contributed by atoms with Gasteiger partial charge in [-0.2, -0.15) is 0 Å². The molecule has 122 valence electrons. The maximum absolute atomic E-state index is 11.9. The van der Waals surface area contributed by atoms with E-state index in [1.807, 2.05) is 0 Å². The minimum absolute atomic E-state index is 0.0364. The second-order valence-electron chi connectivity index (χ2n) is 5.62. The van der Waals surface area contributed by atoms with Crippen LogP contribution in [0, 0.1) is 0 Å². The smallest absolute Gasteiger partial charge is 0.227 e. The molecular formula is C18H27NO3. The normalized spacial score (nSPS) is 10.4. The van der Waals surface area contributed by atoms with Gasteiger partial charge >= 0.3 is 0 Å². The van der Waals surface area contributed by atoms with Gasteiger partial charge in [0.2, 0.25) is 5.91 Å². The van der Waals surface area contributed by atoms with Crippen LogP contribution < -0.4 is 5.32 Å². The fourth-order valence-electron chi connectivity index (χ4n) is 2.30. The number of hydrogen-bond donors (Lipinski definition) is 2. The zero-order valence-electron chi connectivity index (χ0n) is 13.4. The minimum atomic E-state index is -0.270. The van der Waals surface area contributed by atoms with Gasteiger partial charge in [0.25, 0.3) is 0 Å². The van der Waals surface area contributed by atoms with Gasteiger partial charge in [0.15, 0.2) is 5.78 Å². The van der Waals surface area contributed by atoms with E-state index in [9.17, 15) is 14.7 Å². The minimum Gasteiger partial charge on any atom is -0.508 e. The number of Topliss-reactive ketones (excluding diaryl/α,β-unsaturated/α-hetero) is 1. The molecule has 4 nitrogen and oxygen atoms in total. The predicted molar refractivity (Wildman–Crippen MR) is 88.1 cm³/mol. The Bertz CT molecular complexity index is 471. The monoisotopic (exact) mass is 305 g/mol. The summed E-state index contributed by atoms with van der Waals surface area (Å²) in [5.74, 6) is -0.485. The maximum atomic E-state index is 11.9. The number of phenols is 1. The quantitative estimate of drug-likeness (QED) is 0.371. The molecular weight excluding hydrogens is 278 g/mol. The van der Waals surface area contributed by atoms with Crippen LogP contribution in [-0.4, -0.2) is 23.3 Å². The molecule has 0 fully saturated rings. The highest BCUT2D eigenvalue weighted by Gasteiger charge is 2.11. The number of aromatic hydroxyl groups is 1. The van der Waals surface area contributed by atoms with E-state index in [2.05, 4.69) is 12.2 Å². The number of amides is 1. The molecule has 0 aliphatic carbocycles. The summed E-state index contributed by atoms with van der Waals surface area (Å²) in [6.07, 6.45) is 8.22. The molecule has 0 unspecified atom stereocenters. The molecule has 22 heavy (non-hydrogen) atoms. The molecule has 0 radical (unpaired) electrons. The number of carbonyl (C=O) groups is 2. The summed E-state index contributed by atoms with van der Waals surface area (Å²) in [4.78, 5) is 23.6. The Balaban J connectivity index is 2.12. The van der Waals surface area contributed by atoms with Gasteiger partial charge in [-0.1, -0.05) is 57.6 Å². The zero-order valence-corrected chi connectivity index (χ0v) is 13.4. The van der Waals surface area contributed by atoms with E-state index in [1.165, 1.54) is 44.2 Å². The standard InChI is InChI=1S/C18H27NO3/c1-2-3-4-5-6-7-8-12-19-18(22)14-17(21)15-10-9-11-16(20)13-15/h9-11,13,20H,2-8,12,14H2,1H3,(H,19,22). The third-order valence-electron chi connectivity index (χ3n) is 3.59. The van der Waals surface area contributed by atoms with Crippen LogP contribution in [0.2, 0.25) is 0 Å². The lowest BCUT2D eigenvalue weighted by Crippen LogP contribution is -2.26. The molecule has 0 heterocycles. The number of phenolic OH excluding ortho intramolecular Hbond substituents is 1. The van der Waals surface area contributed by atoms with Crippen LogP contribution in [0.1, 0.15) is 68.6 Å². The molecule has 0 aromatic heterocycles. The number of nitrogens with one attached hydrogen (secondary N) is 1. The fourth-order valence-corrected chi connectivity index (χ4v) is 2.30. The van der Waals surface area contributed by atoms with Crippen molar-refractivity contribution in [1.82, 2.24) is 5.32 Å². The largest absolute Gasteiger partial charge is 0.508 e. The number of ketones is 1. The van der Waals surface area contributed by atoms with Gasteiger partial charge in [0.05, 0.1) is 6.42 Å². The Labute approximate surface area is 132 Å². The van der Waals surface area contributed by atoms with Crippen molar-refractivity contribution in [3.05, 3.63) is 29.8 Å². The summed E-state index contributed by atoms with van der Waals surface area (Å²) in [6, 6.07) is 6.08. The first-order valence-electron chi connectivity index (χ1n) is 8.22. The van der Waals surface area contributed by atoms with E-state index >= 15 is 0 Å². The summed E-state index contributed by atoms with van der Waals surface area (Å²) in [7, 11) is 0. The van der Waals surface area contributed by atoms with E-state index in [4.69, 9.17) is 0 Å². The SMILES string of the molecule is CCCCCCCCCNC(=O)CC(=O)c1cccc(O)c1. The number of rotatable bonds is 11. The van der Waals surface area contributed by atoms with Crippen molar-refractivity contribution in [3.63, 3.8) is 0 Å². The highest BCUT2D eigenvalue weighted by atomic mass is 16.3. The first-order valence-corrected chi connectivity index (χ1v) is 8.22. The van der Waals surface area contributed by atoms with Gasteiger partial charge in [0.1, 0.15) is 5.75 Å². The van der Waals surface area contributed by atoms with Crippen molar-refractivity contribution in [3.8, 4) is 5.75 Å². The van der Waals surface area contributed by atoms with Crippen LogP contribution in [0.15, 0.2) is 24.3 Å². The van der Waals surface area contributed by atoms with E-state index in [0.29, 0.717) is 12.1 Å². The Morgan fingerprint density at radius 1 is 1.05 bits per heavy atom. The molecule has 1 amide bonds. The molecule has 0 bridgehead atoms.